The van der Waals surface area contributed by atoms with Gasteiger partial charge >= 0.3 is 0 Å². The number of benzene rings is 1. The maximum atomic E-state index is 13.8. The Morgan fingerprint density at radius 2 is 2.22 bits per heavy atom. The van der Waals surface area contributed by atoms with E-state index in [1.165, 1.54) is 6.07 Å². The van der Waals surface area contributed by atoms with Gasteiger partial charge in [0.1, 0.15) is 5.82 Å². The summed E-state index contributed by atoms with van der Waals surface area (Å²) in [5, 5.41) is 3.91. The van der Waals surface area contributed by atoms with Gasteiger partial charge in [0, 0.05) is 35.8 Å². The lowest BCUT2D eigenvalue weighted by Gasteiger charge is -2.28. The summed E-state index contributed by atoms with van der Waals surface area (Å²) in [4.78, 5) is 2.33. The number of nitrogens with one attached hydrogen (secondary N) is 1. The van der Waals surface area contributed by atoms with E-state index in [9.17, 15) is 4.39 Å². The molecule has 1 aromatic carbocycles. The highest BCUT2D eigenvalue weighted by atomic mass is 35.5. The first-order valence-electron chi connectivity index (χ1n) is 6.47. The monoisotopic (exact) mass is 270 g/mol. The van der Waals surface area contributed by atoms with E-state index in [0.29, 0.717) is 23.7 Å². The largest absolute Gasteiger partial charge is 0.313 e. The molecule has 0 amide bonds. The van der Waals surface area contributed by atoms with Crippen molar-refractivity contribution in [3.8, 4) is 0 Å². The highest BCUT2D eigenvalue weighted by Crippen LogP contribution is 2.19. The molecule has 0 aliphatic carbocycles. The Hall–Kier alpha value is -0.640. The summed E-state index contributed by atoms with van der Waals surface area (Å²) in [5.41, 5.74) is 0.723. The molecule has 2 nitrogen and oxygen atoms in total. The third-order valence-corrected chi connectivity index (χ3v) is 3.81. The van der Waals surface area contributed by atoms with Crippen molar-refractivity contribution in [2.45, 2.75) is 38.9 Å². The fraction of sp³-hybridized carbons (Fsp3) is 0.571. The number of rotatable bonds is 2. The van der Waals surface area contributed by atoms with Gasteiger partial charge in [-0.2, -0.15) is 0 Å². The Morgan fingerprint density at radius 3 is 2.94 bits per heavy atom. The van der Waals surface area contributed by atoms with Crippen molar-refractivity contribution in [3.05, 3.63) is 34.6 Å². The Kier molecular flexibility index (Phi) is 4.60. The quantitative estimate of drug-likeness (QED) is 0.889. The van der Waals surface area contributed by atoms with Crippen molar-refractivity contribution in [3.63, 3.8) is 0 Å². The number of halogens is 2. The maximum absolute atomic E-state index is 13.8. The summed E-state index contributed by atoms with van der Waals surface area (Å²) in [6, 6.07) is 5.85. The molecule has 0 spiro atoms. The maximum Gasteiger partial charge on any atom is 0.129 e. The van der Waals surface area contributed by atoms with E-state index in [0.717, 1.165) is 25.1 Å². The van der Waals surface area contributed by atoms with E-state index in [1.54, 1.807) is 12.1 Å². The molecule has 100 valence electrons. The zero-order chi connectivity index (χ0) is 13.1. The van der Waals surface area contributed by atoms with Crippen molar-refractivity contribution in [1.82, 2.24) is 10.2 Å². The van der Waals surface area contributed by atoms with Crippen LogP contribution in [0.1, 0.15) is 25.8 Å². The number of nitrogens with zero attached hydrogens (tertiary/aromatic N) is 1. The van der Waals surface area contributed by atoms with E-state index in [4.69, 9.17) is 11.6 Å². The van der Waals surface area contributed by atoms with E-state index < -0.39 is 0 Å². The second-order valence-electron chi connectivity index (χ2n) is 5.16. The molecule has 0 saturated carbocycles. The Bertz CT molecular complexity index is 411. The van der Waals surface area contributed by atoms with Crippen LogP contribution in [0.3, 0.4) is 0 Å². The standard InChI is InChI=1S/C14H20ClFN2/c1-10-8-18(11(2)5-6-17-10)9-12-3-4-13(15)7-14(12)16/h3-4,7,10-11,17H,5-6,8-9H2,1-2H3. The van der Waals surface area contributed by atoms with Crippen molar-refractivity contribution >= 4 is 11.6 Å². The van der Waals surface area contributed by atoms with Crippen LogP contribution in [0.5, 0.6) is 0 Å². The fourth-order valence-electron chi connectivity index (χ4n) is 2.41. The van der Waals surface area contributed by atoms with Crippen molar-refractivity contribution in [2.24, 2.45) is 0 Å². The van der Waals surface area contributed by atoms with E-state index in [-0.39, 0.29) is 5.82 Å². The first-order chi connectivity index (χ1) is 8.56. The molecule has 0 aromatic heterocycles. The molecule has 1 aliphatic rings. The second-order valence-corrected chi connectivity index (χ2v) is 5.59. The molecule has 0 bridgehead atoms. The van der Waals surface area contributed by atoms with Gasteiger partial charge in [0.15, 0.2) is 0 Å². The molecule has 1 saturated heterocycles. The lowest BCUT2D eigenvalue weighted by Crippen LogP contribution is -2.38. The minimum absolute atomic E-state index is 0.209. The fourth-order valence-corrected chi connectivity index (χ4v) is 2.57. The smallest absolute Gasteiger partial charge is 0.129 e. The van der Waals surface area contributed by atoms with Gasteiger partial charge in [0.25, 0.3) is 0 Å². The van der Waals surface area contributed by atoms with Crippen LogP contribution in [0.4, 0.5) is 4.39 Å². The normalized spacial score (nSPS) is 26.0. The molecular weight excluding hydrogens is 251 g/mol. The average Bonchev–Trinajstić information content (AvgIpc) is 2.45. The van der Waals surface area contributed by atoms with Gasteiger partial charge < -0.3 is 5.32 Å². The molecule has 2 atom stereocenters. The minimum atomic E-state index is -0.209. The first-order valence-corrected chi connectivity index (χ1v) is 6.85. The lowest BCUT2D eigenvalue weighted by molar-refractivity contribution is 0.196. The summed E-state index contributed by atoms with van der Waals surface area (Å²) in [5.74, 6) is -0.209. The summed E-state index contributed by atoms with van der Waals surface area (Å²) < 4.78 is 13.8. The number of hydrogen-bond donors (Lipinski definition) is 1. The minimum Gasteiger partial charge on any atom is -0.313 e. The molecular formula is C14H20ClFN2. The van der Waals surface area contributed by atoms with E-state index >= 15 is 0 Å². The zero-order valence-electron chi connectivity index (χ0n) is 10.9. The van der Waals surface area contributed by atoms with Gasteiger partial charge in [0.05, 0.1) is 0 Å². The second kappa shape index (κ2) is 6.00. The molecule has 1 N–H and O–H groups in total. The molecule has 1 fully saturated rings. The Labute approximate surface area is 113 Å². The predicted molar refractivity (Wildman–Crippen MR) is 73.4 cm³/mol. The summed E-state index contributed by atoms with van der Waals surface area (Å²) >= 11 is 5.77. The van der Waals surface area contributed by atoms with Gasteiger partial charge in [-0.3, -0.25) is 4.90 Å². The molecule has 18 heavy (non-hydrogen) atoms. The van der Waals surface area contributed by atoms with E-state index in [1.807, 2.05) is 0 Å². The van der Waals surface area contributed by atoms with Crippen LogP contribution in [0.15, 0.2) is 18.2 Å². The third kappa shape index (κ3) is 3.44. The van der Waals surface area contributed by atoms with E-state index in [2.05, 4.69) is 24.1 Å². The molecule has 4 heteroatoms. The zero-order valence-corrected chi connectivity index (χ0v) is 11.7. The van der Waals surface area contributed by atoms with Gasteiger partial charge in [0.2, 0.25) is 0 Å². The molecule has 1 aliphatic heterocycles. The highest BCUT2D eigenvalue weighted by molar-refractivity contribution is 6.30. The van der Waals surface area contributed by atoms with Crippen LogP contribution in [-0.2, 0) is 6.54 Å². The van der Waals surface area contributed by atoms with Crippen LogP contribution in [0, 0.1) is 5.82 Å². The summed E-state index contributed by atoms with van der Waals surface area (Å²) in [6.45, 7) is 7.00. The van der Waals surface area contributed by atoms with Gasteiger partial charge in [-0.15, -0.1) is 0 Å². The molecule has 1 aromatic rings. The number of hydrogen-bond acceptors (Lipinski definition) is 2. The van der Waals surface area contributed by atoms with Crippen LogP contribution in [0.25, 0.3) is 0 Å². The molecule has 1 heterocycles. The topological polar surface area (TPSA) is 15.3 Å². The van der Waals surface area contributed by atoms with Crippen LogP contribution in [-0.4, -0.2) is 30.1 Å². The SMILES string of the molecule is CC1CN(Cc2ccc(Cl)cc2F)C(C)CCN1. The molecule has 2 rings (SSSR count). The molecule has 0 radical (unpaired) electrons. The summed E-state index contributed by atoms with van der Waals surface area (Å²) in [7, 11) is 0. The first kappa shape index (κ1) is 13.8. The van der Waals surface area contributed by atoms with Gasteiger partial charge in [-0.25, -0.2) is 4.39 Å². The van der Waals surface area contributed by atoms with Gasteiger partial charge in [-0.05, 0) is 38.9 Å². The van der Waals surface area contributed by atoms with Crippen molar-refractivity contribution < 1.29 is 4.39 Å². The van der Waals surface area contributed by atoms with Crippen molar-refractivity contribution in [2.75, 3.05) is 13.1 Å². The Morgan fingerprint density at radius 1 is 1.44 bits per heavy atom. The third-order valence-electron chi connectivity index (χ3n) is 3.58. The van der Waals surface area contributed by atoms with Crippen molar-refractivity contribution in [1.29, 1.82) is 0 Å². The highest BCUT2D eigenvalue weighted by Gasteiger charge is 2.21. The van der Waals surface area contributed by atoms with Crippen LogP contribution >= 0.6 is 11.6 Å². The average molecular weight is 271 g/mol. The predicted octanol–water partition coefficient (Wildman–Crippen LogP) is 3.05. The van der Waals surface area contributed by atoms with Crippen LogP contribution < -0.4 is 5.32 Å². The van der Waals surface area contributed by atoms with Gasteiger partial charge in [-0.1, -0.05) is 17.7 Å². The lowest BCUT2D eigenvalue weighted by atomic mass is 10.1. The van der Waals surface area contributed by atoms with Crippen LogP contribution in [0.2, 0.25) is 5.02 Å². The summed E-state index contributed by atoms with van der Waals surface area (Å²) in [6.07, 6.45) is 1.10. The Balaban J connectivity index is 2.10. The molecule has 2 unspecified atom stereocenters.